The van der Waals surface area contributed by atoms with Crippen molar-refractivity contribution in [1.29, 1.82) is 0 Å². The van der Waals surface area contributed by atoms with E-state index in [2.05, 4.69) is 19.9 Å². The minimum Gasteiger partial charge on any atom is -0.387 e. The molecule has 0 aliphatic carbocycles. The maximum absolute atomic E-state index is 10.3. The van der Waals surface area contributed by atoms with Gasteiger partial charge in [0, 0.05) is 28.9 Å². The van der Waals surface area contributed by atoms with Crippen LogP contribution < -0.4 is 0 Å². The molecule has 6 nitrogen and oxygen atoms in total. The van der Waals surface area contributed by atoms with E-state index in [4.69, 9.17) is 0 Å². The van der Waals surface area contributed by atoms with Gasteiger partial charge in [-0.05, 0) is 30.2 Å². The maximum Gasteiger partial charge on any atom is 0.166 e. The molecule has 0 amide bonds. The Morgan fingerprint density at radius 1 is 1.00 bits per heavy atom. The third-order valence-electron chi connectivity index (χ3n) is 3.97. The molecule has 128 valence electrons. The van der Waals surface area contributed by atoms with Crippen LogP contribution >= 0.6 is 0 Å². The molecule has 0 aromatic carbocycles. The van der Waals surface area contributed by atoms with Gasteiger partial charge in [0.15, 0.2) is 6.29 Å². The highest BCUT2D eigenvalue weighted by Gasteiger charge is 2.14. The van der Waals surface area contributed by atoms with Crippen LogP contribution in [0.4, 0.5) is 0 Å². The summed E-state index contributed by atoms with van der Waals surface area (Å²) >= 11 is 0. The molecule has 0 radical (unpaired) electrons. The molecule has 1 atom stereocenters. The van der Waals surface area contributed by atoms with Gasteiger partial charge >= 0.3 is 0 Å². The van der Waals surface area contributed by atoms with Gasteiger partial charge in [-0.15, -0.1) is 0 Å². The first-order valence-corrected chi connectivity index (χ1v) is 8.07. The lowest BCUT2D eigenvalue weighted by atomic mass is 10.0. The number of aliphatic hydroxyl groups is 1. The number of H-pyrrole nitrogens is 2. The summed E-state index contributed by atoms with van der Waals surface area (Å²) in [4.78, 5) is 24.3. The maximum atomic E-state index is 10.3. The molecule has 0 saturated carbocycles. The van der Waals surface area contributed by atoms with Crippen molar-refractivity contribution < 1.29 is 9.90 Å². The first-order valence-electron chi connectivity index (χ1n) is 8.07. The Morgan fingerprint density at radius 2 is 1.60 bits per heavy atom. The lowest BCUT2D eigenvalue weighted by Crippen LogP contribution is -2.05. The fourth-order valence-corrected chi connectivity index (χ4v) is 2.57. The normalized spacial score (nSPS) is 12.2. The van der Waals surface area contributed by atoms with E-state index in [1.165, 1.54) is 0 Å². The largest absolute Gasteiger partial charge is 0.387 e. The number of nitrogens with one attached hydrogen (secondary N) is 2. The van der Waals surface area contributed by atoms with E-state index in [1.54, 1.807) is 30.9 Å². The van der Waals surface area contributed by atoms with Crippen molar-refractivity contribution in [3.05, 3.63) is 60.4 Å². The monoisotopic (exact) mass is 336 g/mol. The zero-order valence-electron chi connectivity index (χ0n) is 14.1. The fourth-order valence-electron chi connectivity index (χ4n) is 2.57. The van der Waals surface area contributed by atoms with E-state index in [9.17, 15) is 9.90 Å². The van der Waals surface area contributed by atoms with E-state index in [-0.39, 0.29) is 5.92 Å². The molecule has 0 saturated heterocycles. The number of aromatic amines is 2. The van der Waals surface area contributed by atoms with Gasteiger partial charge in [0.2, 0.25) is 0 Å². The van der Waals surface area contributed by atoms with Crippen molar-refractivity contribution in [1.82, 2.24) is 19.9 Å². The fraction of sp³-hybridized carbons (Fsp3) is 0.211. The second kappa shape index (κ2) is 7.27. The van der Waals surface area contributed by atoms with Crippen molar-refractivity contribution >= 4 is 28.1 Å². The molecule has 3 N–H and O–H groups in total. The Hall–Kier alpha value is -2.99. The molecule has 0 bridgehead atoms. The van der Waals surface area contributed by atoms with Gasteiger partial charge in [-0.25, -0.2) is 0 Å². The number of aldehydes is 1. The van der Waals surface area contributed by atoms with Gasteiger partial charge in [-0.3, -0.25) is 14.8 Å². The minimum absolute atomic E-state index is 0.219. The highest BCUT2D eigenvalue weighted by atomic mass is 16.3. The summed E-state index contributed by atoms with van der Waals surface area (Å²) in [5.41, 5.74) is 3.33. The number of fused-ring (bicyclic) bond motifs is 2. The van der Waals surface area contributed by atoms with Crippen LogP contribution in [0.15, 0.2) is 49.1 Å². The van der Waals surface area contributed by atoms with Crippen LogP contribution in [-0.2, 0) is 0 Å². The van der Waals surface area contributed by atoms with Crippen molar-refractivity contribution in [3.63, 3.8) is 0 Å². The molecular formula is C19H20N4O2. The van der Waals surface area contributed by atoms with Crippen molar-refractivity contribution in [3.8, 4) is 0 Å². The highest BCUT2D eigenvalue weighted by molar-refractivity contribution is 5.87. The van der Waals surface area contributed by atoms with E-state index in [0.29, 0.717) is 5.69 Å². The molecular weight excluding hydrogens is 316 g/mol. The van der Waals surface area contributed by atoms with Crippen molar-refractivity contribution in [2.45, 2.75) is 20.0 Å². The van der Waals surface area contributed by atoms with Crippen LogP contribution in [0.25, 0.3) is 21.8 Å². The Kier molecular flexibility index (Phi) is 4.90. The average Bonchev–Trinajstić information content (AvgIpc) is 3.24. The Balaban J connectivity index is 0.000000150. The lowest BCUT2D eigenvalue weighted by Gasteiger charge is -2.11. The molecule has 6 heteroatoms. The summed E-state index contributed by atoms with van der Waals surface area (Å²) in [6, 6.07) is 7.56. The van der Waals surface area contributed by atoms with E-state index in [0.717, 1.165) is 33.8 Å². The van der Waals surface area contributed by atoms with Gasteiger partial charge in [0.25, 0.3) is 0 Å². The van der Waals surface area contributed by atoms with E-state index >= 15 is 0 Å². The Bertz CT molecular complexity index is 921. The number of hydrogen-bond donors (Lipinski definition) is 3. The first kappa shape index (κ1) is 16.9. The molecule has 4 aromatic rings. The number of carbonyl (C=O) groups is 1. The van der Waals surface area contributed by atoms with Crippen LogP contribution in [0, 0.1) is 5.92 Å². The number of hydrogen-bond acceptors (Lipinski definition) is 4. The second-order valence-electron chi connectivity index (χ2n) is 6.18. The summed E-state index contributed by atoms with van der Waals surface area (Å²) in [5, 5.41) is 12.0. The zero-order chi connectivity index (χ0) is 17.8. The van der Waals surface area contributed by atoms with Gasteiger partial charge in [0.05, 0.1) is 35.2 Å². The number of aromatic nitrogens is 4. The Labute approximate surface area is 144 Å². The quantitative estimate of drug-likeness (QED) is 0.498. The summed E-state index contributed by atoms with van der Waals surface area (Å²) in [7, 11) is 0. The van der Waals surface area contributed by atoms with Gasteiger partial charge in [-0.1, -0.05) is 13.8 Å². The third kappa shape index (κ3) is 3.75. The minimum atomic E-state index is -0.428. The van der Waals surface area contributed by atoms with Crippen molar-refractivity contribution in [2.75, 3.05) is 0 Å². The smallest absolute Gasteiger partial charge is 0.166 e. The Morgan fingerprint density at radius 3 is 2.12 bits per heavy atom. The topological polar surface area (TPSA) is 94.7 Å². The second-order valence-corrected chi connectivity index (χ2v) is 6.18. The summed E-state index contributed by atoms with van der Waals surface area (Å²) in [6.07, 6.45) is 7.28. The average molecular weight is 336 g/mol. The summed E-state index contributed by atoms with van der Waals surface area (Å²) in [6.45, 7) is 3.99. The molecule has 0 spiro atoms. The van der Waals surface area contributed by atoms with Gasteiger partial charge < -0.3 is 15.1 Å². The number of carbonyl (C=O) groups excluding carboxylic acids is 1. The molecule has 0 fully saturated rings. The van der Waals surface area contributed by atoms with Crippen molar-refractivity contribution in [2.24, 2.45) is 5.92 Å². The zero-order valence-corrected chi connectivity index (χ0v) is 14.1. The molecule has 0 aliphatic heterocycles. The summed E-state index contributed by atoms with van der Waals surface area (Å²) < 4.78 is 0. The number of aliphatic hydroxyl groups excluding tert-OH is 1. The number of pyridine rings is 2. The molecule has 25 heavy (non-hydrogen) atoms. The van der Waals surface area contributed by atoms with E-state index in [1.807, 2.05) is 32.0 Å². The van der Waals surface area contributed by atoms with Crippen LogP contribution in [0.3, 0.4) is 0 Å². The van der Waals surface area contributed by atoms with Crippen LogP contribution in [0.1, 0.15) is 36.1 Å². The van der Waals surface area contributed by atoms with Crippen LogP contribution in [-0.4, -0.2) is 31.3 Å². The highest BCUT2D eigenvalue weighted by Crippen LogP contribution is 2.24. The molecule has 4 heterocycles. The van der Waals surface area contributed by atoms with Crippen LogP contribution in [0.2, 0.25) is 0 Å². The molecule has 1 unspecified atom stereocenters. The van der Waals surface area contributed by atoms with E-state index < -0.39 is 6.10 Å². The predicted octanol–water partition coefficient (Wildman–Crippen LogP) is 3.63. The molecule has 0 aliphatic rings. The first-order chi connectivity index (χ1) is 12.1. The molecule has 4 aromatic heterocycles. The lowest BCUT2D eigenvalue weighted by molar-refractivity contribution is 0.111. The number of rotatable bonds is 3. The van der Waals surface area contributed by atoms with Gasteiger partial charge in [0.1, 0.15) is 0 Å². The molecule has 4 rings (SSSR count). The predicted molar refractivity (Wildman–Crippen MR) is 97.4 cm³/mol. The van der Waals surface area contributed by atoms with Gasteiger partial charge in [-0.2, -0.15) is 0 Å². The SMILES string of the molecule is CC(C)C(O)c1cc2ccncc2[nH]1.O=Cc1cc2ccncc2[nH]1. The number of nitrogens with zero attached hydrogens (tertiary/aromatic N) is 2. The standard InChI is InChI=1S/C11H14N2O.C8H6N2O/c1-7(2)11(14)9-5-8-3-4-12-6-10(8)13-9;11-5-7-3-6-1-2-9-4-8(6)10-7/h3-7,11,13-14H,1-2H3;1-5,10H. The summed E-state index contributed by atoms with van der Waals surface area (Å²) in [5.74, 6) is 0.219. The van der Waals surface area contributed by atoms with Crippen LogP contribution in [0.5, 0.6) is 0 Å². The third-order valence-corrected chi connectivity index (χ3v) is 3.97.